The predicted molar refractivity (Wildman–Crippen MR) is 100 cm³/mol. The summed E-state index contributed by atoms with van der Waals surface area (Å²) in [6.45, 7) is 1.95. The van der Waals surface area contributed by atoms with Gasteiger partial charge in [0.25, 0.3) is 0 Å². The third kappa shape index (κ3) is 4.15. The number of nitrogens with two attached hydrogens (primary N) is 1. The van der Waals surface area contributed by atoms with Gasteiger partial charge in [0.15, 0.2) is 11.5 Å². The van der Waals surface area contributed by atoms with Gasteiger partial charge in [-0.1, -0.05) is 30.3 Å². The first kappa shape index (κ1) is 17.8. The number of benzene rings is 1. The van der Waals surface area contributed by atoms with Crippen LogP contribution >= 0.6 is 0 Å². The number of aromatic amines is 1. The van der Waals surface area contributed by atoms with Crippen LogP contribution in [-0.2, 0) is 11.3 Å². The van der Waals surface area contributed by atoms with Gasteiger partial charge in [-0.15, -0.1) is 0 Å². The molecule has 0 bridgehead atoms. The molecule has 0 fully saturated rings. The Morgan fingerprint density at radius 1 is 1.19 bits per heavy atom. The number of imidazole rings is 1. The van der Waals surface area contributed by atoms with Gasteiger partial charge in [0.05, 0.1) is 12.9 Å². The van der Waals surface area contributed by atoms with Gasteiger partial charge in [-0.05, 0) is 18.5 Å². The van der Waals surface area contributed by atoms with Crippen molar-refractivity contribution in [3.63, 3.8) is 0 Å². The molecule has 0 atom stereocenters. The van der Waals surface area contributed by atoms with E-state index in [-0.39, 0.29) is 12.5 Å². The minimum Gasteiger partial charge on any atom is -0.348 e. The van der Waals surface area contributed by atoms with Gasteiger partial charge in [-0.25, -0.2) is 15.0 Å². The largest absolute Gasteiger partial charge is 0.348 e. The van der Waals surface area contributed by atoms with E-state index >= 15 is 0 Å². The number of nitrogens with one attached hydrogen (secondary N) is 1. The summed E-state index contributed by atoms with van der Waals surface area (Å²) in [5, 5.41) is 0. The zero-order chi connectivity index (χ0) is 18.4. The molecule has 3 N–H and O–H groups in total. The Balaban J connectivity index is 1.73. The molecule has 0 radical (unpaired) electrons. The van der Waals surface area contributed by atoms with Crippen molar-refractivity contribution in [3.05, 3.63) is 48.5 Å². The molecule has 8 nitrogen and oxygen atoms in total. The maximum Gasteiger partial charge on any atom is 0.242 e. The van der Waals surface area contributed by atoms with Crippen molar-refractivity contribution in [1.82, 2.24) is 24.8 Å². The van der Waals surface area contributed by atoms with Gasteiger partial charge in [-0.3, -0.25) is 4.79 Å². The molecule has 0 aliphatic carbocycles. The van der Waals surface area contributed by atoms with Crippen molar-refractivity contribution in [2.45, 2.75) is 13.0 Å². The van der Waals surface area contributed by atoms with E-state index in [9.17, 15) is 4.79 Å². The molecule has 0 aliphatic rings. The smallest absolute Gasteiger partial charge is 0.242 e. The van der Waals surface area contributed by atoms with Gasteiger partial charge < -0.3 is 20.5 Å². The molecule has 1 aromatic carbocycles. The van der Waals surface area contributed by atoms with E-state index in [4.69, 9.17) is 5.73 Å². The maximum atomic E-state index is 12.9. The number of fused-ring (bicyclic) bond motifs is 1. The fourth-order valence-corrected chi connectivity index (χ4v) is 2.80. The number of carbonyl (C=O) groups is 1. The Morgan fingerprint density at radius 3 is 2.77 bits per heavy atom. The molecule has 3 rings (SSSR count). The van der Waals surface area contributed by atoms with Gasteiger partial charge in [0.1, 0.15) is 11.8 Å². The van der Waals surface area contributed by atoms with E-state index in [1.165, 1.54) is 6.33 Å². The third-order valence-electron chi connectivity index (χ3n) is 4.14. The van der Waals surface area contributed by atoms with Crippen LogP contribution in [0.5, 0.6) is 0 Å². The highest BCUT2D eigenvalue weighted by molar-refractivity contribution is 5.87. The number of rotatable bonds is 8. The quantitative estimate of drug-likeness (QED) is 0.630. The molecule has 1 amide bonds. The Labute approximate surface area is 152 Å². The number of hydrogen-bond donors (Lipinski definition) is 2. The second kappa shape index (κ2) is 8.39. The molecule has 26 heavy (non-hydrogen) atoms. The van der Waals surface area contributed by atoms with Crippen LogP contribution < -0.4 is 10.6 Å². The Kier molecular flexibility index (Phi) is 5.75. The average Bonchev–Trinajstić information content (AvgIpc) is 3.14. The predicted octanol–water partition coefficient (Wildman–Crippen LogP) is 1.17. The molecule has 0 aliphatic heterocycles. The van der Waals surface area contributed by atoms with Crippen molar-refractivity contribution < 1.29 is 4.79 Å². The molecule has 2 aromatic heterocycles. The standard InChI is InChI=1S/C18H23N7O/c1-24(18-16-17(21-12-20-16)22-13-23-18)11-15(26)25(9-5-8-19)10-14-6-3-2-4-7-14/h2-4,6-7,12-13H,5,8-11,19H2,1H3,(H,20,21,22,23). The van der Waals surface area contributed by atoms with Crippen LogP contribution in [0.1, 0.15) is 12.0 Å². The SMILES string of the molecule is CN(CC(=O)N(CCCN)Cc1ccccc1)c1ncnc2nc[nH]c12. The monoisotopic (exact) mass is 353 g/mol. The van der Waals surface area contributed by atoms with Crippen molar-refractivity contribution in [3.8, 4) is 0 Å². The number of H-pyrrole nitrogens is 1. The fourth-order valence-electron chi connectivity index (χ4n) is 2.80. The van der Waals surface area contributed by atoms with Crippen LogP contribution in [0.2, 0.25) is 0 Å². The number of hydrogen-bond acceptors (Lipinski definition) is 6. The number of aromatic nitrogens is 4. The summed E-state index contributed by atoms with van der Waals surface area (Å²) in [7, 11) is 1.84. The molecule has 0 saturated carbocycles. The number of anilines is 1. The lowest BCUT2D eigenvalue weighted by Crippen LogP contribution is -2.40. The fraction of sp³-hybridized carbons (Fsp3) is 0.333. The van der Waals surface area contributed by atoms with E-state index in [0.717, 1.165) is 17.5 Å². The Bertz CT molecular complexity index is 849. The average molecular weight is 353 g/mol. The van der Waals surface area contributed by atoms with Gasteiger partial charge in [0, 0.05) is 20.1 Å². The summed E-state index contributed by atoms with van der Waals surface area (Å²) < 4.78 is 0. The highest BCUT2D eigenvalue weighted by Gasteiger charge is 2.18. The summed E-state index contributed by atoms with van der Waals surface area (Å²) in [4.78, 5) is 32.1. The van der Waals surface area contributed by atoms with E-state index in [1.54, 1.807) is 6.33 Å². The van der Waals surface area contributed by atoms with Crippen LogP contribution in [0.15, 0.2) is 43.0 Å². The Hall–Kier alpha value is -3.00. The van der Waals surface area contributed by atoms with Gasteiger partial charge in [0.2, 0.25) is 5.91 Å². The molecule has 8 heteroatoms. The highest BCUT2D eigenvalue weighted by Crippen LogP contribution is 2.18. The van der Waals surface area contributed by atoms with Crippen LogP contribution in [-0.4, -0.2) is 57.4 Å². The number of nitrogens with zero attached hydrogens (tertiary/aromatic N) is 5. The summed E-state index contributed by atoms with van der Waals surface area (Å²) in [6, 6.07) is 9.95. The minimum atomic E-state index is 0.0241. The van der Waals surface area contributed by atoms with Crippen LogP contribution in [0.4, 0.5) is 5.82 Å². The molecule has 0 saturated heterocycles. The highest BCUT2D eigenvalue weighted by atomic mass is 16.2. The summed E-state index contributed by atoms with van der Waals surface area (Å²) in [5.41, 5.74) is 8.04. The lowest BCUT2D eigenvalue weighted by Gasteiger charge is -2.26. The third-order valence-corrected chi connectivity index (χ3v) is 4.14. The van der Waals surface area contributed by atoms with E-state index in [2.05, 4.69) is 19.9 Å². The van der Waals surface area contributed by atoms with Gasteiger partial charge >= 0.3 is 0 Å². The molecular weight excluding hydrogens is 330 g/mol. The summed E-state index contributed by atoms with van der Waals surface area (Å²) in [6.07, 6.45) is 3.79. The first-order chi connectivity index (χ1) is 12.7. The topological polar surface area (TPSA) is 104 Å². The molecular formula is C18H23N7O. The number of carbonyl (C=O) groups excluding carboxylic acids is 1. The lowest BCUT2D eigenvalue weighted by atomic mass is 10.2. The normalized spacial score (nSPS) is 10.8. The first-order valence-electron chi connectivity index (χ1n) is 8.56. The maximum absolute atomic E-state index is 12.9. The minimum absolute atomic E-state index is 0.0241. The van der Waals surface area contributed by atoms with Crippen molar-refractivity contribution >= 4 is 22.9 Å². The molecule has 136 valence electrons. The zero-order valence-electron chi connectivity index (χ0n) is 14.8. The first-order valence-corrected chi connectivity index (χ1v) is 8.56. The van der Waals surface area contributed by atoms with Crippen LogP contribution in [0, 0.1) is 0 Å². The zero-order valence-corrected chi connectivity index (χ0v) is 14.8. The number of likely N-dealkylation sites (N-methyl/N-ethyl adjacent to an activating group) is 1. The summed E-state index contributed by atoms with van der Waals surface area (Å²) >= 11 is 0. The van der Waals surface area contributed by atoms with Gasteiger partial charge in [-0.2, -0.15) is 0 Å². The molecule has 3 aromatic rings. The van der Waals surface area contributed by atoms with E-state index in [1.807, 2.05) is 47.2 Å². The van der Waals surface area contributed by atoms with Crippen molar-refractivity contribution in [2.75, 3.05) is 31.6 Å². The second-order valence-electron chi connectivity index (χ2n) is 6.10. The van der Waals surface area contributed by atoms with Crippen molar-refractivity contribution in [1.29, 1.82) is 0 Å². The van der Waals surface area contributed by atoms with Crippen LogP contribution in [0.25, 0.3) is 11.2 Å². The second-order valence-corrected chi connectivity index (χ2v) is 6.10. The lowest BCUT2D eigenvalue weighted by molar-refractivity contribution is -0.130. The molecule has 0 spiro atoms. The molecule has 2 heterocycles. The van der Waals surface area contributed by atoms with E-state index in [0.29, 0.717) is 31.1 Å². The summed E-state index contributed by atoms with van der Waals surface area (Å²) in [5.74, 6) is 0.676. The molecule has 0 unspecified atom stereocenters. The van der Waals surface area contributed by atoms with Crippen molar-refractivity contribution in [2.24, 2.45) is 5.73 Å². The number of amides is 1. The Morgan fingerprint density at radius 2 is 2.00 bits per heavy atom. The van der Waals surface area contributed by atoms with Crippen LogP contribution in [0.3, 0.4) is 0 Å². The van der Waals surface area contributed by atoms with E-state index < -0.39 is 0 Å².